The number of para-hydroxylation sites is 1. The molecule has 0 aliphatic rings. The lowest BCUT2D eigenvalue weighted by Gasteiger charge is -2.17. The van der Waals surface area contributed by atoms with Gasteiger partial charge in [-0.25, -0.2) is 0 Å². The molecule has 0 bridgehead atoms. The van der Waals surface area contributed by atoms with Crippen LogP contribution < -0.4 is 10.1 Å². The minimum atomic E-state index is -0.551. The highest BCUT2D eigenvalue weighted by Gasteiger charge is 2.07. The number of aliphatic hydroxyl groups is 1. The van der Waals surface area contributed by atoms with Gasteiger partial charge >= 0.3 is 0 Å². The number of nitrogens with one attached hydrogen (secondary N) is 1. The van der Waals surface area contributed by atoms with E-state index < -0.39 is 6.10 Å². The maximum atomic E-state index is 10.0. The number of hydrogen-bond acceptors (Lipinski definition) is 3. The number of hydrogen-bond donors (Lipinski definition) is 2. The van der Waals surface area contributed by atoms with Crippen LogP contribution in [0.15, 0.2) is 42.5 Å². The van der Waals surface area contributed by atoms with Gasteiger partial charge in [0.2, 0.25) is 0 Å². The zero-order chi connectivity index (χ0) is 15.2. The summed E-state index contributed by atoms with van der Waals surface area (Å²) in [6.45, 7) is 6.89. The number of aliphatic hydroxyl groups excluding tert-OH is 1. The monoisotopic (exact) mass is 285 g/mol. The minimum absolute atomic E-state index is 0.279. The van der Waals surface area contributed by atoms with Crippen molar-refractivity contribution in [3.63, 3.8) is 0 Å². The molecule has 3 heteroatoms. The molecule has 2 aromatic carbocycles. The van der Waals surface area contributed by atoms with Gasteiger partial charge in [0, 0.05) is 12.2 Å². The first-order valence-electron chi connectivity index (χ1n) is 7.24. The first kappa shape index (κ1) is 15.4. The fourth-order valence-corrected chi connectivity index (χ4v) is 2.27. The molecule has 2 aromatic rings. The maximum Gasteiger partial charge on any atom is 0.119 e. The van der Waals surface area contributed by atoms with Gasteiger partial charge in [-0.05, 0) is 49.6 Å². The standard InChI is InChI=1S/C18H23NO2/c1-13-6-4-9-17(10-13)21-12-16(20)11-19-18-14(2)7-5-8-15(18)3/h4-10,16,19-20H,11-12H2,1-3H3. The number of aryl methyl sites for hydroxylation is 3. The molecule has 0 amide bonds. The lowest BCUT2D eigenvalue weighted by Crippen LogP contribution is -2.26. The van der Waals surface area contributed by atoms with Crippen LogP contribution in [-0.4, -0.2) is 24.4 Å². The summed E-state index contributed by atoms with van der Waals surface area (Å²) in [5, 5.41) is 13.3. The second kappa shape index (κ2) is 7.14. The lowest BCUT2D eigenvalue weighted by molar-refractivity contribution is 0.117. The molecule has 0 heterocycles. The second-order valence-electron chi connectivity index (χ2n) is 5.43. The maximum absolute atomic E-state index is 10.0. The normalized spacial score (nSPS) is 12.0. The van der Waals surface area contributed by atoms with E-state index in [0.29, 0.717) is 6.54 Å². The summed E-state index contributed by atoms with van der Waals surface area (Å²) >= 11 is 0. The van der Waals surface area contributed by atoms with Gasteiger partial charge in [0.15, 0.2) is 0 Å². The SMILES string of the molecule is Cc1cccc(OCC(O)CNc2c(C)cccc2C)c1. The molecule has 0 saturated heterocycles. The van der Waals surface area contributed by atoms with Crippen LogP contribution in [0.25, 0.3) is 0 Å². The summed E-state index contributed by atoms with van der Waals surface area (Å²) < 4.78 is 5.61. The molecule has 0 aromatic heterocycles. The molecule has 0 radical (unpaired) electrons. The molecule has 1 unspecified atom stereocenters. The Labute approximate surface area is 126 Å². The van der Waals surface area contributed by atoms with Gasteiger partial charge < -0.3 is 15.2 Å². The molecule has 3 nitrogen and oxygen atoms in total. The van der Waals surface area contributed by atoms with Gasteiger partial charge in [-0.3, -0.25) is 0 Å². The van der Waals surface area contributed by atoms with E-state index in [-0.39, 0.29) is 6.61 Å². The molecule has 0 aliphatic carbocycles. The molecule has 0 saturated carbocycles. The Morgan fingerprint density at radius 1 is 1.05 bits per heavy atom. The topological polar surface area (TPSA) is 41.5 Å². The summed E-state index contributed by atoms with van der Waals surface area (Å²) in [6, 6.07) is 14.0. The Bertz CT molecular complexity index is 575. The quantitative estimate of drug-likeness (QED) is 0.854. The highest BCUT2D eigenvalue weighted by molar-refractivity contribution is 5.56. The van der Waals surface area contributed by atoms with E-state index in [4.69, 9.17) is 4.74 Å². The van der Waals surface area contributed by atoms with Crippen molar-refractivity contribution in [3.05, 3.63) is 59.2 Å². The largest absolute Gasteiger partial charge is 0.491 e. The zero-order valence-electron chi connectivity index (χ0n) is 12.9. The number of ether oxygens (including phenoxy) is 1. The van der Waals surface area contributed by atoms with Gasteiger partial charge in [0.05, 0.1) is 0 Å². The van der Waals surface area contributed by atoms with Crippen LogP contribution in [0.4, 0.5) is 5.69 Å². The van der Waals surface area contributed by atoms with Crippen molar-refractivity contribution in [3.8, 4) is 5.75 Å². The van der Waals surface area contributed by atoms with Crippen molar-refractivity contribution in [1.29, 1.82) is 0 Å². The third-order valence-corrected chi connectivity index (χ3v) is 3.43. The van der Waals surface area contributed by atoms with Gasteiger partial charge in [0.1, 0.15) is 18.5 Å². The van der Waals surface area contributed by atoms with Crippen molar-refractivity contribution in [1.82, 2.24) is 0 Å². The molecule has 1 atom stereocenters. The van der Waals surface area contributed by atoms with Gasteiger partial charge in [-0.1, -0.05) is 30.3 Å². The molecular formula is C18H23NO2. The van der Waals surface area contributed by atoms with E-state index in [1.807, 2.05) is 37.3 Å². The third kappa shape index (κ3) is 4.50. The van der Waals surface area contributed by atoms with E-state index >= 15 is 0 Å². The van der Waals surface area contributed by atoms with Crippen molar-refractivity contribution >= 4 is 5.69 Å². The van der Waals surface area contributed by atoms with Crippen LogP contribution in [0.5, 0.6) is 5.75 Å². The Kier molecular flexibility index (Phi) is 5.23. The molecule has 21 heavy (non-hydrogen) atoms. The smallest absolute Gasteiger partial charge is 0.119 e. The van der Waals surface area contributed by atoms with Gasteiger partial charge in [-0.2, -0.15) is 0 Å². The van der Waals surface area contributed by atoms with Crippen molar-refractivity contribution in [2.75, 3.05) is 18.5 Å². The molecule has 2 N–H and O–H groups in total. The van der Waals surface area contributed by atoms with Crippen LogP contribution in [0.3, 0.4) is 0 Å². The molecule has 0 spiro atoms. The average Bonchev–Trinajstić information content (AvgIpc) is 2.45. The Hall–Kier alpha value is -2.00. The van der Waals surface area contributed by atoms with E-state index in [9.17, 15) is 5.11 Å². The zero-order valence-corrected chi connectivity index (χ0v) is 12.9. The minimum Gasteiger partial charge on any atom is -0.491 e. The highest BCUT2D eigenvalue weighted by atomic mass is 16.5. The van der Waals surface area contributed by atoms with Crippen LogP contribution in [0, 0.1) is 20.8 Å². The van der Waals surface area contributed by atoms with E-state index in [1.54, 1.807) is 0 Å². The molecule has 112 valence electrons. The third-order valence-electron chi connectivity index (χ3n) is 3.43. The van der Waals surface area contributed by atoms with Crippen LogP contribution >= 0.6 is 0 Å². The van der Waals surface area contributed by atoms with Crippen molar-refractivity contribution < 1.29 is 9.84 Å². The summed E-state index contributed by atoms with van der Waals surface area (Å²) in [7, 11) is 0. The molecule has 0 fully saturated rings. The second-order valence-corrected chi connectivity index (χ2v) is 5.43. The Morgan fingerprint density at radius 2 is 1.71 bits per heavy atom. The Morgan fingerprint density at radius 3 is 2.38 bits per heavy atom. The first-order valence-corrected chi connectivity index (χ1v) is 7.24. The predicted molar refractivity (Wildman–Crippen MR) is 87.1 cm³/mol. The summed E-state index contributed by atoms with van der Waals surface area (Å²) in [5.41, 5.74) is 4.60. The first-order chi connectivity index (χ1) is 10.1. The summed E-state index contributed by atoms with van der Waals surface area (Å²) in [5.74, 6) is 0.793. The highest BCUT2D eigenvalue weighted by Crippen LogP contribution is 2.19. The van der Waals surface area contributed by atoms with Crippen LogP contribution in [-0.2, 0) is 0 Å². The predicted octanol–water partition coefficient (Wildman–Crippen LogP) is 3.46. The van der Waals surface area contributed by atoms with Gasteiger partial charge in [0.25, 0.3) is 0 Å². The van der Waals surface area contributed by atoms with Crippen molar-refractivity contribution in [2.45, 2.75) is 26.9 Å². The summed E-state index contributed by atoms with van der Waals surface area (Å²) in [4.78, 5) is 0. The molecular weight excluding hydrogens is 262 g/mol. The number of rotatable bonds is 6. The van der Waals surface area contributed by atoms with E-state index in [1.165, 1.54) is 11.1 Å². The molecule has 2 rings (SSSR count). The van der Waals surface area contributed by atoms with Crippen LogP contribution in [0.1, 0.15) is 16.7 Å². The number of benzene rings is 2. The van der Waals surface area contributed by atoms with Crippen LogP contribution in [0.2, 0.25) is 0 Å². The summed E-state index contributed by atoms with van der Waals surface area (Å²) in [6.07, 6.45) is -0.551. The van der Waals surface area contributed by atoms with E-state index in [0.717, 1.165) is 17.0 Å². The van der Waals surface area contributed by atoms with Gasteiger partial charge in [-0.15, -0.1) is 0 Å². The average molecular weight is 285 g/mol. The van der Waals surface area contributed by atoms with E-state index in [2.05, 4.69) is 31.3 Å². The lowest BCUT2D eigenvalue weighted by atomic mass is 10.1. The fraction of sp³-hybridized carbons (Fsp3) is 0.333. The molecule has 0 aliphatic heterocycles. The van der Waals surface area contributed by atoms with Crippen molar-refractivity contribution in [2.24, 2.45) is 0 Å². The Balaban J connectivity index is 1.84. The fourth-order valence-electron chi connectivity index (χ4n) is 2.27. The number of anilines is 1.